The van der Waals surface area contributed by atoms with E-state index in [1.807, 2.05) is 30.3 Å². The van der Waals surface area contributed by atoms with Crippen molar-refractivity contribution in [3.8, 4) is 6.07 Å². The molecule has 2 aromatic carbocycles. The van der Waals surface area contributed by atoms with E-state index in [1.54, 1.807) is 37.3 Å². The summed E-state index contributed by atoms with van der Waals surface area (Å²) in [5, 5.41) is 22.2. The molecule has 3 rings (SSSR count). The number of nitriles is 1. The van der Waals surface area contributed by atoms with E-state index in [1.165, 1.54) is 0 Å². The Hall–Kier alpha value is -3.87. The first-order chi connectivity index (χ1) is 15.6. The van der Waals surface area contributed by atoms with Crippen molar-refractivity contribution in [3.63, 3.8) is 0 Å². The first-order valence-corrected chi connectivity index (χ1v) is 10.3. The van der Waals surface area contributed by atoms with Crippen molar-refractivity contribution in [2.75, 3.05) is 24.6 Å². The molecule has 1 heterocycles. The Kier molecular flexibility index (Phi) is 7.80. The van der Waals surface area contributed by atoms with Crippen LogP contribution in [0.5, 0.6) is 0 Å². The molecule has 32 heavy (non-hydrogen) atoms. The number of azo groups is 1. The number of hydrogen-bond acceptors (Lipinski definition) is 8. The third kappa shape index (κ3) is 5.43. The van der Waals surface area contributed by atoms with E-state index in [0.717, 1.165) is 24.5 Å². The standard InChI is InChI=1S/C23H24N6O3/c1-4-28(5-2)20-13-11-19(12-14-20)26-25-18-9-7-17(8-10-18)15-21-22(16-24)27-29(23(21)30)32-31-6-3/h7-15H,4-6H2,1-3H3/b21-15-,26-25?. The second-order valence-electron chi connectivity index (χ2n) is 6.66. The maximum Gasteiger partial charge on any atom is 0.305 e. The van der Waals surface area contributed by atoms with Crippen molar-refractivity contribution in [3.05, 3.63) is 59.7 Å². The zero-order valence-corrected chi connectivity index (χ0v) is 18.2. The molecule has 0 atom stereocenters. The van der Waals surface area contributed by atoms with Crippen LogP contribution in [-0.4, -0.2) is 36.5 Å². The molecule has 0 aliphatic carbocycles. The number of carbonyl (C=O) groups excluding carboxylic acids is 1. The fourth-order valence-electron chi connectivity index (χ4n) is 3.00. The Bertz CT molecular complexity index is 1060. The van der Waals surface area contributed by atoms with Crippen molar-refractivity contribution >= 4 is 34.8 Å². The topological polar surface area (TPSA) is 103 Å². The number of amides is 1. The Morgan fingerprint density at radius 3 is 2.16 bits per heavy atom. The van der Waals surface area contributed by atoms with E-state index in [-0.39, 0.29) is 17.9 Å². The highest BCUT2D eigenvalue weighted by molar-refractivity contribution is 6.32. The third-order valence-electron chi connectivity index (χ3n) is 4.66. The van der Waals surface area contributed by atoms with Crippen molar-refractivity contribution in [1.82, 2.24) is 5.17 Å². The van der Waals surface area contributed by atoms with Crippen LogP contribution in [0.3, 0.4) is 0 Å². The Morgan fingerprint density at radius 1 is 1.03 bits per heavy atom. The number of anilines is 1. The number of hydrazone groups is 1. The number of nitrogens with zero attached hydrogens (tertiary/aromatic N) is 6. The minimum atomic E-state index is -0.577. The SMILES string of the molecule is CCOON1N=C(C#N)/C(=C/c2ccc(N=Nc3ccc(N(CC)CC)cc3)cc2)C1=O. The molecule has 9 nitrogen and oxygen atoms in total. The molecule has 2 aromatic rings. The molecule has 0 saturated heterocycles. The van der Waals surface area contributed by atoms with Crippen LogP contribution in [0.2, 0.25) is 0 Å². The third-order valence-corrected chi connectivity index (χ3v) is 4.66. The molecule has 0 saturated carbocycles. The summed E-state index contributed by atoms with van der Waals surface area (Å²) in [4.78, 5) is 24.1. The van der Waals surface area contributed by atoms with Crippen LogP contribution in [0.1, 0.15) is 26.3 Å². The highest BCUT2D eigenvalue weighted by Crippen LogP contribution is 2.24. The van der Waals surface area contributed by atoms with Gasteiger partial charge in [0.05, 0.1) is 23.6 Å². The lowest BCUT2D eigenvalue weighted by Gasteiger charge is -2.20. The zero-order chi connectivity index (χ0) is 22.9. The number of rotatable bonds is 9. The maximum absolute atomic E-state index is 12.4. The summed E-state index contributed by atoms with van der Waals surface area (Å²) in [6.07, 6.45) is 1.56. The average molecular weight is 432 g/mol. The van der Waals surface area contributed by atoms with Crippen LogP contribution in [0, 0.1) is 11.3 Å². The normalized spacial score (nSPS) is 14.8. The molecular weight excluding hydrogens is 408 g/mol. The molecular formula is C23H24N6O3. The van der Waals surface area contributed by atoms with E-state index in [0.29, 0.717) is 16.4 Å². The lowest BCUT2D eigenvalue weighted by atomic mass is 10.1. The van der Waals surface area contributed by atoms with Gasteiger partial charge in [0.2, 0.25) is 0 Å². The van der Waals surface area contributed by atoms with Crippen LogP contribution in [0.15, 0.2) is 69.4 Å². The molecule has 0 radical (unpaired) electrons. The average Bonchev–Trinajstić information content (AvgIpc) is 3.13. The summed E-state index contributed by atoms with van der Waals surface area (Å²) in [6.45, 7) is 8.08. The number of benzene rings is 2. The molecule has 0 bridgehead atoms. The summed E-state index contributed by atoms with van der Waals surface area (Å²) >= 11 is 0. The van der Waals surface area contributed by atoms with Crippen molar-refractivity contribution in [2.24, 2.45) is 15.3 Å². The Morgan fingerprint density at radius 2 is 1.62 bits per heavy atom. The van der Waals surface area contributed by atoms with Crippen LogP contribution in [0.25, 0.3) is 6.08 Å². The van der Waals surface area contributed by atoms with E-state index in [2.05, 4.69) is 34.1 Å². The summed E-state index contributed by atoms with van der Waals surface area (Å²) in [5.74, 6) is -0.577. The van der Waals surface area contributed by atoms with Gasteiger partial charge >= 0.3 is 5.91 Å². The Labute approximate surface area is 186 Å². The predicted molar refractivity (Wildman–Crippen MR) is 121 cm³/mol. The van der Waals surface area contributed by atoms with Gasteiger partial charge in [0.1, 0.15) is 6.07 Å². The maximum atomic E-state index is 12.4. The van der Waals surface area contributed by atoms with Gasteiger partial charge in [-0.2, -0.15) is 15.5 Å². The predicted octanol–water partition coefficient (Wildman–Crippen LogP) is 4.94. The van der Waals surface area contributed by atoms with Crippen LogP contribution in [-0.2, 0) is 14.7 Å². The first-order valence-electron chi connectivity index (χ1n) is 10.3. The van der Waals surface area contributed by atoms with Crippen LogP contribution < -0.4 is 4.90 Å². The van der Waals surface area contributed by atoms with Crippen LogP contribution in [0.4, 0.5) is 17.1 Å². The van der Waals surface area contributed by atoms with Gasteiger partial charge < -0.3 is 4.90 Å². The van der Waals surface area contributed by atoms with Gasteiger partial charge in [-0.1, -0.05) is 22.3 Å². The summed E-state index contributed by atoms with van der Waals surface area (Å²) in [6, 6.07) is 16.9. The molecule has 1 aliphatic heterocycles. The van der Waals surface area contributed by atoms with Crippen molar-refractivity contribution in [1.29, 1.82) is 5.26 Å². The summed E-state index contributed by atoms with van der Waals surface area (Å²) in [7, 11) is 0. The van der Waals surface area contributed by atoms with E-state index in [9.17, 15) is 10.1 Å². The monoisotopic (exact) mass is 432 g/mol. The fraction of sp³-hybridized carbons (Fsp3) is 0.261. The molecule has 164 valence electrons. The van der Waals surface area contributed by atoms with Crippen LogP contribution >= 0.6 is 0 Å². The van der Waals surface area contributed by atoms with Gasteiger partial charge in [-0.3, -0.25) is 4.79 Å². The second-order valence-corrected chi connectivity index (χ2v) is 6.66. The highest BCUT2D eigenvalue weighted by atomic mass is 17.3. The number of hydroxylamine groups is 1. The lowest BCUT2D eigenvalue weighted by molar-refractivity contribution is -0.406. The largest absolute Gasteiger partial charge is 0.372 e. The van der Waals surface area contributed by atoms with Gasteiger partial charge in [0.15, 0.2) is 5.71 Å². The van der Waals surface area contributed by atoms with Crippen molar-refractivity contribution in [2.45, 2.75) is 20.8 Å². The van der Waals surface area contributed by atoms with E-state index in [4.69, 9.17) is 9.88 Å². The number of carbonyl (C=O) groups is 1. The minimum absolute atomic E-state index is 0.0494. The van der Waals surface area contributed by atoms with Crippen molar-refractivity contribution < 1.29 is 14.7 Å². The zero-order valence-electron chi connectivity index (χ0n) is 18.2. The first kappa shape index (κ1) is 22.8. The van der Waals surface area contributed by atoms with E-state index < -0.39 is 5.91 Å². The lowest BCUT2D eigenvalue weighted by Crippen LogP contribution is -2.22. The second kappa shape index (κ2) is 10.9. The fourth-order valence-corrected chi connectivity index (χ4v) is 3.00. The smallest absolute Gasteiger partial charge is 0.305 e. The quantitative estimate of drug-likeness (QED) is 0.242. The van der Waals surface area contributed by atoms with Gasteiger partial charge in [-0.05, 0) is 68.8 Å². The van der Waals surface area contributed by atoms with Gasteiger partial charge in [-0.15, -0.1) is 5.10 Å². The van der Waals surface area contributed by atoms with Gasteiger partial charge in [0.25, 0.3) is 0 Å². The van der Waals surface area contributed by atoms with Gasteiger partial charge in [0, 0.05) is 18.8 Å². The van der Waals surface area contributed by atoms with E-state index >= 15 is 0 Å². The molecule has 0 aromatic heterocycles. The molecule has 9 heteroatoms. The molecule has 0 unspecified atom stereocenters. The Balaban J connectivity index is 1.69. The summed E-state index contributed by atoms with van der Waals surface area (Å²) < 4.78 is 0. The molecule has 1 aliphatic rings. The minimum Gasteiger partial charge on any atom is -0.372 e. The number of hydrogen-bond donors (Lipinski definition) is 0. The molecule has 0 N–H and O–H groups in total. The molecule has 1 amide bonds. The molecule has 0 spiro atoms. The molecule has 0 fully saturated rings. The van der Waals surface area contributed by atoms with Gasteiger partial charge in [-0.25, -0.2) is 4.89 Å². The summed E-state index contributed by atoms with van der Waals surface area (Å²) in [5.41, 5.74) is 3.35. The highest BCUT2D eigenvalue weighted by Gasteiger charge is 2.32.